The highest BCUT2D eigenvalue weighted by Crippen LogP contribution is 2.28. The Labute approximate surface area is 118 Å². The molecule has 1 aromatic rings. The maximum Gasteiger partial charge on any atom is 0.187 e. The molecule has 1 aliphatic rings. The van der Waals surface area contributed by atoms with Crippen LogP contribution in [0, 0.1) is 5.92 Å². The van der Waals surface area contributed by atoms with Gasteiger partial charge >= 0.3 is 0 Å². The summed E-state index contributed by atoms with van der Waals surface area (Å²) >= 11 is 6.10. The van der Waals surface area contributed by atoms with Crippen molar-refractivity contribution >= 4 is 17.4 Å². The number of carbonyl (C=O) groups excluding carboxylic acids is 1. The molecular formula is C13H20ClN3O2. The molecule has 0 spiro atoms. The van der Waals surface area contributed by atoms with Crippen molar-refractivity contribution in [3.05, 3.63) is 16.9 Å². The summed E-state index contributed by atoms with van der Waals surface area (Å²) in [6, 6.07) is -0.0666. The van der Waals surface area contributed by atoms with Gasteiger partial charge in [-0.2, -0.15) is 5.10 Å². The molecule has 1 saturated carbocycles. The van der Waals surface area contributed by atoms with Crippen molar-refractivity contribution in [3.63, 3.8) is 0 Å². The zero-order chi connectivity index (χ0) is 13.8. The summed E-state index contributed by atoms with van der Waals surface area (Å²) in [5, 5.41) is 4.54. The van der Waals surface area contributed by atoms with Crippen LogP contribution >= 0.6 is 11.6 Å². The molecule has 2 atom stereocenters. The lowest BCUT2D eigenvalue weighted by Gasteiger charge is -2.27. The minimum atomic E-state index is -0.135. The van der Waals surface area contributed by atoms with Crippen LogP contribution in [-0.2, 0) is 11.3 Å². The highest BCUT2D eigenvalue weighted by atomic mass is 35.5. The molecule has 2 N–H and O–H groups in total. The SMILES string of the molecule is COCCn1ncc(Cl)c1C(=O)C1CCCCC1N. The molecule has 1 heterocycles. The van der Waals surface area contributed by atoms with Crippen LogP contribution in [0.3, 0.4) is 0 Å². The van der Waals surface area contributed by atoms with Crippen molar-refractivity contribution in [1.29, 1.82) is 0 Å². The number of aromatic nitrogens is 2. The van der Waals surface area contributed by atoms with E-state index >= 15 is 0 Å². The van der Waals surface area contributed by atoms with Gasteiger partial charge in [-0.15, -0.1) is 0 Å². The van der Waals surface area contributed by atoms with E-state index in [0.29, 0.717) is 23.9 Å². The van der Waals surface area contributed by atoms with Crippen molar-refractivity contribution in [2.75, 3.05) is 13.7 Å². The predicted molar refractivity (Wildman–Crippen MR) is 73.4 cm³/mol. The second-order valence-corrected chi connectivity index (χ2v) is 5.38. The Morgan fingerprint density at radius 2 is 2.32 bits per heavy atom. The van der Waals surface area contributed by atoms with E-state index in [0.717, 1.165) is 25.7 Å². The van der Waals surface area contributed by atoms with Crippen LogP contribution in [0.25, 0.3) is 0 Å². The molecule has 0 aromatic carbocycles. The number of hydrogen-bond donors (Lipinski definition) is 1. The predicted octanol–water partition coefficient (Wildman–Crippen LogP) is 1.88. The zero-order valence-corrected chi connectivity index (χ0v) is 11.9. The Hall–Kier alpha value is -0.910. The molecule has 1 aliphatic carbocycles. The molecule has 2 rings (SSSR count). The fourth-order valence-corrected chi connectivity index (χ4v) is 2.85. The molecule has 1 fully saturated rings. The van der Waals surface area contributed by atoms with Crippen LogP contribution < -0.4 is 5.73 Å². The van der Waals surface area contributed by atoms with Crippen LogP contribution in [0.15, 0.2) is 6.20 Å². The van der Waals surface area contributed by atoms with Gasteiger partial charge in [0.05, 0.1) is 24.4 Å². The van der Waals surface area contributed by atoms with Gasteiger partial charge in [0.25, 0.3) is 0 Å². The molecule has 106 valence electrons. The number of rotatable bonds is 5. The van der Waals surface area contributed by atoms with Gasteiger partial charge in [0.1, 0.15) is 5.69 Å². The molecule has 6 heteroatoms. The molecule has 5 nitrogen and oxygen atoms in total. The van der Waals surface area contributed by atoms with Crippen molar-refractivity contribution < 1.29 is 9.53 Å². The average molecular weight is 286 g/mol. The number of nitrogens with zero attached hydrogens (tertiary/aromatic N) is 2. The van der Waals surface area contributed by atoms with Crippen LogP contribution in [0.4, 0.5) is 0 Å². The molecule has 2 unspecified atom stereocenters. The van der Waals surface area contributed by atoms with Crippen LogP contribution in [-0.4, -0.2) is 35.3 Å². The van der Waals surface area contributed by atoms with Gasteiger partial charge in [-0.05, 0) is 12.8 Å². The number of Topliss-reactive ketones (excluding diaryl/α,β-unsaturated/α-hetero) is 1. The number of carbonyl (C=O) groups is 1. The van der Waals surface area contributed by atoms with Crippen molar-refractivity contribution in [3.8, 4) is 0 Å². The minimum absolute atomic E-state index is 0.0193. The van der Waals surface area contributed by atoms with Gasteiger partial charge < -0.3 is 10.5 Å². The smallest absolute Gasteiger partial charge is 0.187 e. The number of hydrogen-bond acceptors (Lipinski definition) is 4. The van der Waals surface area contributed by atoms with Gasteiger partial charge in [-0.3, -0.25) is 9.48 Å². The maximum atomic E-state index is 12.6. The van der Waals surface area contributed by atoms with E-state index in [-0.39, 0.29) is 17.7 Å². The van der Waals surface area contributed by atoms with Gasteiger partial charge in [0.15, 0.2) is 5.78 Å². The van der Waals surface area contributed by atoms with E-state index in [1.165, 1.54) is 6.20 Å². The summed E-state index contributed by atoms with van der Waals surface area (Å²) in [5.41, 5.74) is 6.54. The first-order valence-electron chi connectivity index (χ1n) is 6.65. The topological polar surface area (TPSA) is 70.1 Å². The average Bonchev–Trinajstić information content (AvgIpc) is 2.77. The van der Waals surface area contributed by atoms with Crippen LogP contribution in [0.1, 0.15) is 36.2 Å². The number of halogens is 1. The standard InChI is InChI=1S/C13H20ClN3O2/c1-19-7-6-17-12(10(14)8-16-17)13(18)9-4-2-3-5-11(9)15/h8-9,11H,2-7,15H2,1H3. The number of ether oxygens (including phenoxy) is 1. The second-order valence-electron chi connectivity index (χ2n) is 4.98. The third kappa shape index (κ3) is 3.16. The van der Waals surface area contributed by atoms with Gasteiger partial charge in [0.2, 0.25) is 0 Å². The largest absolute Gasteiger partial charge is 0.383 e. The quantitative estimate of drug-likeness (QED) is 0.839. The fourth-order valence-electron chi connectivity index (χ4n) is 2.62. The highest BCUT2D eigenvalue weighted by Gasteiger charge is 2.32. The Bertz CT molecular complexity index is 447. The molecule has 0 aliphatic heterocycles. The Kier molecular flexibility index (Phi) is 4.96. The molecule has 0 bridgehead atoms. The molecule has 0 radical (unpaired) electrons. The monoisotopic (exact) mass is 285 g/mol. The lowest BCUT2D eigenvalue weighted by Crippen LogP contribution is -2.39. The van der Waals surface area contributed by atoms with E-state index in [2.05, 4.69) is 5.10 Å². The molecule has 0 amide bonds. The van der Waals surface area contributed by atoms with Crippen molar-refractivity contribution in [2.24, 2.45) is 11.7 Å². The number of methoxy groups -OCH3 is 1. The van der Waals surface area contributed by atoms with E-state index in [1.54, 1.807) is 11.8 Å². The lowest BCUT2D eigenvalue weighted by molar-refractivity contribution is 0.0856. The van der Waals surface area contributed by atoms with E-state index in [9.17, 15) is 4.79 Å². The summed E-state index contributed by atoms with van der Waals surface area (Å²) in [6.45, 7) is 1.02. The normalized spacial score (nSPS) is 23.5. The minimum Gasteiger partial charge on any atom is -0.383 e. The first-order valence-corrected chi connectivity index (χ1v) is 7.03. The maximum absolute atomic E-state index is 12.6. The van der Waals surface area contributed by atoms with E-state index < -0.39 is 0 Å². The lowest BCUT2D eigenvalue weighted by atomic mass is 9.81. The third-order valence-corrected chi connectivity index (χ3v) is 3.97. The number of nitrogens with two attached hydrogens (primary N) is 1. The fraction of sp³-hybridized carbons (Fsp3) is 0.692. The summed E-state index contributed by atoms with van der Waals surface area (Å²) in [5.74, 6) is -0.116. The summed E-state index contributed by atoms with van der Waals surface area (Å²) in [4.78, 5) is 12.6. The Morgan fingerprint density at radius 1 is 1.58 bits per heavy atom. The molecule has 1 aromatic heterocycles. The van der Waals surface area contributed by atoms with Gasteiger partial charge in [-0.1, -0.05) is 24.4 Å². The van der Waals surface area contributed by atoms with E-state index in [1.807, 2.05) is 0 Å². The van der Waals surface area contributed by atoms with Crippen molar-refractivity contribution in [2.45, 2.75) is 38.3 Å². The number of ketones is 1. The summed E-state index contributed by atoms with van der Waals surface area (Å²) in [6.07, 6.45) is 5.40. The second kappa shape index (κ2) is 6.50. The highest BCUT2D eigenvalue weighted by molar-refractivity contribution is 6.33. The molecular weight excluding hydrogens is 266 g/mol. The summed E-state index contributed by atoms with van der Waals surface area (Å²) in [7, 11) is 1.61. The van der Waals surface area contributed by atoms with E-state index in [4.69, 9.17) is 22.1 Å². The van der Waals surface area contributed by atoms with Crippen molar-refractivity contribution in [1.82, 2.24) is 9.78 Å². The Balaban J connectivity index is 2.19. The van der Waals surface area contributed by atoms with Gasteiger partial charge in [0, 0.05) is 19.1 Å². The van der Waals surface area contributed by atoms with Gasteiger partial charge in [-0.25, -0.2) is 0 Å². The Morgan fingerprint density at radius 3 is 3.00 bits per heavy atom. The first-order chi connectivity index (χ1) is 9.15. The summed E-state index contributed by atoms with van der Waals surface area (Å²) < 4.78 is 6.64. The van der Waals surface area contributed by atoms with Crippen LogP contribution in [0.5, 0.6) is 0 Å². The molecule has 19 heavy (non-hydrogen) atoms. The zero-order valence-electron chi connectivity index (χ0n) is 11.1. The van der Waals surface area contributed by atoms with Crippen LogP contribution in [0.2, 0.25) is 5.02 Å². The molecule has 0 saturated heterocycles. The third-order valence-electron chi connectivity index (χ3n) is 3.69. The first kappa shape index (κ1) is 14.5.